The van der Waals surface area contributed by atoms with Gasteiger partial charge < -0.3 is 10.6 Å². The molecule has 0 unspecified atom stereocenters. The first-order chi connectivity index (χ1) is 14.2. The van der Waals surface area contributed by atoms with Gasteiger partial charge >= 0.3 is 6.03 Å². The summed E-state index contributed by atoms with van der Waals surface area (Å²) in [7, 11) is 0. The van der Waals surface area contributed by atoms with Crippen molar-refractivity contribution in [3.63, 3.8) is 0 Å². The van der Waals surface area contributed by atoms with Crippen LogP contribution in [0.25, 0.3) is 0 Å². The number of hydrogen-bond donors (Lipinski definition) is 2. The molecule has 3 heterocycles. The molecule has 1 aromatic heterocycles. The van der Waals surface area contributed by atoms with Gasteiger partial charge in [-0.2, -0.15) is 0 Å². The van der Waals surface area contributed by atoms with Crippen LogP contribution >= 0.6 is 0 Å². The van der Waals surface area contributed by atoms with Crippen molar-refractivity contribution in [2.75, 3.05) is 23.3 Å². The average Bonchev–Trinajstić information content (AvgIpc) is 2.91. The molecule has 4 rings (SSSR count). The van der Waals surface area contributed by atoms with Crippen molar-refractivity contribution in [3.8, 4) is 0 Å². The fourth-order valence-corrected chi connectivity index (χ4v) is 3.63. The van der Waals surface area contributed by atoms with Crippen LogP contribution < -0.4 is 15.5 Å². The highest BCUT2D eigenvalue weighted by Gasteiger charge is 2.50. The van der Waals surface area contributed by atoms with E-state index in [4.69, 9.17) is 0 Å². The second kappa shape index (κ2) is 6.94. The number of fused-ring (bicyclic) bond motifs is 1. The van der Waals surface area contributed by atoms with E-state index in [-0.39, 0.29) is 12.5 Å². The molecule has 154 valence electrons. The third-order valence-electron chi connectivity index (χ3n) is 5.33. The number of hydrogen-bond acceptors (Lipinski definition) is 5. The lowest BCUT2D eigenvalue weighted by Crippen LogP contribution is -2.48. The standard InChI is InChI=1S/C21H21N5O4/c1-12-4-6-14(7-5-12)21(3)19(29)26(20(30)24-21)11-17(28)25-10-16(27)23-15-8-13(2)9-22-18(15)25/h4-9H,10-11H2,1-3H3,(H,23,27)(H,24,30)/t21-/m0/s1. The lowest BCUT2D eigenvalue weighted by molar-refractivity contribution is -0.134. The van der Waals surface area contributed by atoms with Crippen LogP contribution in [0.1, 0.15) is 23.6 Å². The van der Waals surface area contributed by atoms with Gasteiger partial charge in [0.25, 0.3) is 5.91 Å². The van der Waals surface area contributed by atoms with Crippen LogP contribution in [-0.4, -0.2) is 46.7 Å². The maximum absolute atomic E-state index is 13.1. The Bertz CT molecular complexity index is 1080. The highest BCUT2D eigenvalue weighted by atomic mass is 16.2. The Hall–Kier alpha value is -3.75. The summed E-state index contributed by atoms with van der Waals surface area (Å²) in [4.78, 5) is 56.9. The van der Waals surface area contributed by atoms with E-state index in [9.17, 15) is 19.2 Å². The van der Waals surface area contributed by atoms with Crippen molar-refractivity contribution < 1.29 is 19.2 Å². The van der Waals surface area contributed by atoms with Crippen LogP contribution in [-0.2, 0) is 19.9 Å². The fraction of sp³-hybridized carbons (Fsp3) is 0.286. The highest BCUT2D eigenvalue weighted by Crippen LogP contribution is 2.31. The second-order valence-electron chi connectivity index (χ2n) is 7.72. The summed E-state index contributed by atoms with van der Waals surface area (Å²) in [6, 6.07) is 8.30. The fourth-order valence-electron chi connectivity index (χ4n) is 3.63. The Balaban J connectivity index is 1.58. The Labute approximate surface area is 173 Å². The smallest absolute Gasteiger partial charge is 0.321 e. The number of amides is 5. The van der Waals surface area contributed by atoms with Gasteiger partial charge in [-0.05, 0) is 38.0 Å². The molecule has 1 fully saturated rings. The number of rotatable bonds is 3. The van der Waals surface area contributed by atoms with E-state index in [2.05, 4.69) is 15.6 Å². The first-order valence-electron chi connectivity index (χ1n) is 9.47. The number of aryl methyl sites for hydroxylation is 2. The molecule has 9 nitrogen and oxygen atoms in total. The number of imide groups is 1. The third-order valence-corrected chi connectivity index (χ3v) is 5.33. The van der Waals surface area contributed by atoms with Crippen molar-refractivity contribution in [1.82, 2.24) is 15.2 Å². The van der Waals surface area contributed by atoms with E-state index in [0.717, 1.165) is 16.0 Å². The van der Waals surface area contributed by atoms with Gasteiger partial charge in [0.2, 0.25) is 11.8 Å². The molecule has 0 bridgehead atoms. The minimum Gasteiger partial charge on any atom is -0.321 e. The van der Waals surface area contributed by atoms with E-state index in [1.165, 1.54) is 4.90 Å². The lowest BCUT2D eigenvalue weighted by Gasteiger charge is -2.29. The molecular weight excluding hydrogens is 386 g/mol. The van der Waals surface area contributed by atoms with Gasteiger partial charge in [0, 0.05) is 6.20 Å². The quantitative estimate of drug-likeness (QED) is 0.748. The largest absolute Gasteiger partial charge is 0.325 e. The molecule has 2 N–H and O–H groups in total. The molecule has 0 aliphatic carbocycles. The Kier molecular flexibility index (Phi) is 4.53. The van der Waals surface area contributed by atoms with Crippen LogP contribution in [0, 0.1) is 13.8 Å². The van der Waals surface area contributed by atoms with Crippen molar-refractivity contribution in [3.05, 3.63) is 53.2 Å². The molecule has 0 saturated carbocycles. The average molecular weight is 407 g/mol. The van der Waals surface area contributed by atoms with E-state index in [1.54, 1.807) is 31.3 Å². The van der Waals surface area contributed by atoms with Crippen LogP contribution in [0.3, 0.4) is 0 Å². The molecule has 1 aromatic carbocycles. The van der Waals surface area contributed by atoms with Gasteiger partial charge in [-0.3, -0.25) is 24.2 Å². The zero-order valence-corrected chi connectivity index (χ0v) is 16.9. The number of aromatic nitrogens is 1. The summed E-state index contributed by atoms with van der Waals surface area (Å²) < 4.78 is 0. The minimum absolute atomic E-state index is 0.235. The topological polar surface area (TPSA) is 112 Å². The zero-order chi connectivity index (χ0) is 21.6. The Morgan fingerprint density at radius 1 is 1.13 bits per heavy atom. The van der Waals surface area contributed by atoms with Gasteiger partial charge in [0.05, 0.1) is 5.69 Å². The van der Waals surface area contributed by atoms with Gasteiger partial charge in [-0.15, -0.1) is 0 Å². The number of nitrogens with one attached hydrogen (secondary N) is 2. The monoisotopic (exact) mass is 407 g/mol. The number of pyridine rings is 1. The summed E-state index contributed by atoms with van der Waals surface area (Å²) in [5, 5.41) is 5.36. The minimum atomic E-state index is -1.27. The molecule has 1 atom stereocenters. The summed E-state index contributed by atoms with van der Waals surface area (Å²) in [6.07, 6.45) is 1.58. The Morgan fingerprint density at radius 2 is 1.83 bits per heavy atom. The first kappa shape index (κ1) is 19.6. The third kappa shape index (κ3) is 3.18. The summed E-state index contributed by atoms with van der Waals surface area (Å²) in [6.45, 7) is 4.62. The maximum Gasteiger partial charge on any atom is 0.325 e. The van der Waals surface area contributed by atoms with E-state index < -0.39 is 29.9 Å². The molecule has 2 aliphatic heterocycles. The predicted octanol–water partition coefficient (Wildman–Crippen LogP) is 1.45. The van der Waals surface area contributed by atoms with Crippen LogP contribution in [0.2, 0.25) is 0 Å². The number of benzene rings is 1. The number of carbonyl (C=O) groups is 4. The summed E-state index contributed by atoms with van der Waals surface area (Å²) >= 11 is 0. The summed E-state index contributed by atoms with van der Waals surface area (Å²) in [5.74, 6) is -1.18. The van der Waals surface area contributed by atoms with Gasteiger partial charge in [-0.1, -0.05) is 29.8 Å². The number of urea groups is 1. The normalized spacial score (nSPS) is 20.7. The molecule has 1 saturated heterocycles. The molecular formula is C21H21N5O4. The van der Waals surface area contributed by atoms with Crippen molar-refractivity contribution >= 4 is 35.3 Å². The van der Waals surface area contributed by atoms with Crippen molar-refractivity contribution in [2.45, 2.75) is 26.3 Å². The molecule has 9 heteroatoms. The van der Waals surface area contributed by atoms with Gasteiger partial charge in [0.1, 0.15) is 18.6 Å². The first-order valence-corrected chi connectivity index (χ1v) is 9.47. The Morgan fingerprint density at radius 3 is 2.53 bits per heavy atom. The van der Waals surface area contributed by atoms with Crippen molar-refractivity contribution in [2.24, 2.45) is 0 Å². The number of anilines is 2. The van der Waals surface area contributed by atoms with Crippen LogP contribution in [0.4, 0.5) is 16.3 Å². The predicted molar refractivity (Wildman–Crippen MR) is 109 cm³/mol. The summed E-state index contributed by atoms with van der Waals surface area (Å²) in [5.41, 5.74) is 1.63. The second-order valence-corrected chi connectivity index (χ2v) is 7.72. The molecule has 5 amide bonds. The molecule has 0 radical (unpaired) electrons. The number of nitrogens with zero attached hydrogens (tertiary/aromatic N) is 3. The zero-order valence-electron chi connectivity index (χ0n) is 16.9. The van der Waals surface area contributed by atoms with Crippen LogP contribution in [0.15, 0.2) is 36.5 Å². The molecule has 2 aromatic rings. The maximum atomic E-state index is 13.1. The van der Waals surface area contributed by atoms with E-state index in [0.29, 0.717) is 17.1 Å². The van der Waals surface area contributed by atoms with E-state index >= 15 is 0 Å². The van der Waals surface area contributed by atoms with Crippen molar-refractivity contribution in [1.29, 1.82) is 0 Å². The van der Waals surface area contributed by atoms with Crippen LogP contribution in [0.5, 0.6) is 0 Å². The molecule has 0 spiro atoms. The number of carbonyl (C=O) groups excluding carboxylic acids is 4. The highest BCUT2D eigenvalue weighted by molar-refractivity contribution is 6.13. The molecule has 30 heavy (non-hydrogen) atoms. The molecule has 2 aliphatic rings. The van der Waals surface area contributed by atoms with Gasteiger partial charge in [0.15, 0.2) is 5.82 Å². The van der Waals surface area contributed by atoms with Gasteiger partial charge in [-0.25, -0.2) is 9.78 Å². The lowest BCUT2D eigenvalue weighted by atomic mass is 9.91. The van der Waals surface area contributed by atoms with E-state index in [1.807, 2.05) is 26.0 Å². The SMILES string of the molecule is Cc1ccc([C@]2(C)NC(=O)N(CC(=O)N3CC(=O)Nc4cc(C)cnc43)C2=O)cc1.